The first-order chi connectivity index (χ1) is 6.81. The first kappa shape index (κ1) is 13.0. The Labute approximate surface area is 88.7 Å². The lowest BCUT2D eigenvalue weighted by Gasteiger charge is -2.05. The van der Waals surface area contributed by atoms with Gasteiger partial charge in [-0.1, -0.05) is 29.9 Å². The van der Waals surface area contributed by atoms with E-state index in [1.54, 1.807) is 11.6 Å². The Bertz CT molecular complexity index is 220. The van der Waals surface area contributed by atoms with Gasteiger partial charge in [-0.2, -0.15) is 0 Å². The quantitative estimate of drug-likeness (QED) is 0.492. The fraction of sp³-hybridized carbons (Fsp3) is 0.429. The largest absolute Gasteiger partial charge is 0.106 e. The molecule has 0 aromatic carbocycles. The minimum Gasteiger partial charge on any atom is -0.106 e. The van der Waals surface area contributed by atoms with Crippen LogP contribution in [0, 0.1) is 11.8 Å². The summed E-state index contributed by atoms with van der Waals surface area (Å²) in [6.07, 6.45) is 11.5. The third-order valence-electron chi connectivity index (χ3n) is 2.52. The van der Waals surface area contributed by atoms with E-state index in [4.69, 9.17) is 0 Å². The van der Waals surface area contributed by atoms with Gasteiger partial charge in [-0.3, -0.25) is 0 Å². The molecule has 2 bridgehead atoms. The highest BCUT2D eigenvalue weighted by Crippen LogP contribution is 2.42. The van der Waals surface area contributed by atoms with Gasteiger partial charge in [-0.05, 0) is 38.5 Å². The number of hydrogen-bond donors (Lipinski definition) is 0. The van der Waals surface area contributed by atoms with Gasteiger partial charge in [-0.25, -0.2) is 0 Å². The van der Waals surface area contributed by atoms with Crippen LogP contribution in [-0.2, 0) is 0 Å². The van der Waals surface area contributed by atoms with Crippen LogP contribution in [-0.4, -0.2) is 0 Å². The molecule has 0 aromatic rings. The van der Waals surface area contributed by atoms with Crippen molar-refractivity contribution in [2.75, 3.05) is 0 Å². The van der Waals surface area contributed by atoms with Crippen molar-refractivity contribution in [2.45, 2.75) is 26.7 Å². The van der Waals surface area contributed by atoms with Gasteiger partial charge in [-0.15, -0.1) is 19.7 Å². The summed E-state index contributed by atoms with van der Waals surface area (Å²) >= 11 is 0. The molecule has 2 atom stereocenters. The highest BCUT2D eigenvalue weighted by molar-refractivity contribution is 5.26. The van der Waals surface area contributed by atoms with Crippen molar-refractivity contribution in [3.8, 4) is 0 Å². The van der Waals surface area contributed by atoms with Gasteiger partial charge in [0.2, 0.25) is 0 Å². The van der Waals surface area contributed by atoms with E-state index in [1.165, 1.54) is 12.8 Å². The zero-order valence-corrected chi connectivity index (χ0v) is 9.50. The summed E-state index contributed by atoms with van der Waals surface area (Å²) in [5.74, 6) is 1.74. The van der Waals surface area contributed by atoms with Crippen molar-refractivity contribution >= 4 is 0 Å². The van der Waals surface area contributed by atoms with Crippen molar-refractivity contribution in [3.63, 3.8) is 0 Å². The average molecular weight is 190 g/mol. The van der Waals surface area contributed by atoms with E-state index in [2.05, 4.69) is 44.9 Å². The Morgan fingerprint density at radius 2 is 1.86 bits per heavy atom. The second kappa shape index (κ2) is 7.37. The van der Waals surface area contributed by atoms with Crippen LogP contribution >= 0.6 is 0 Å². The van der Waals surface area contributed by atoms with Gasteiger partial charge in [0.05, 0.1) is 0 Å². The summed E-state index contributed by atoms with van der Waals surface area (Å²) < 4.78 is 0. The molecule has 1 fully saturated rings. The Balaban J connectivity index is 0.000000294. The van der Waals surface area contributed by atoms with Crippen LogP contribution in [0.3, 0.4) is 0 Å². The third kappa shape index (κ3) is 3.37. The third-order valence-corrected chi connectivity index (χ3v) is 2.52. The maximum Gasteiger partial charge on any atom is -0.00174 e. The smallest absolute Gasteiger partial charge is 0.00174 e. The summed E-state index contributed by atoms with van der Waals surface area (Å²) in [6, 6.07) is 0. The first-order valence-electron chi connectivity index (χ1n) is 5.22. The Hall–Kier alpha value is -1.04. The second-order valence-electron chi connectivity index (χ2n) is 3.46. The number of fused-ring (bicyclic) bond motifs is 2. The van der Waals surface area contributed by atoms with Crippen molar-refractivity contribution in [2.24, 2.45) is 11.8 Å². The van der Waals surface area contributed by atoms with Crippen LogP contribution in [0.25, 0.3) is 0 Å². The van der Waals surface area contributed by atoms with Crippen LogP contribution in [0.1, 0.15) is 26.7 Å². The molecule has 0 N–H and O–H groups in total. The van der Waals surface area contributed by atoms with Crippen molar-refractivity contribution in [1.29, 1.82) is 0 Å². The van der Waals surface area contributed by atoms with E-state index in [0.717, 1.165) is 11.8 Å². The molecule has 78 valence electrons. The molecular formula is C14H22. The molecule has 0 spiro atoms. The molecule has 0 saturated heterocycles. The molecule has 0 amide bonds. The van der Waals surface area contributed by atoms with Crippen LogP contribution in [0.4, 0.5) is 0 Å². The lowest BCUT2D eigenvalue weighted by atomic mass is 10.0. The van der Waals surface area contributed by atoms with Gasteiger partial charge in [0.25, 0.3) is 0 Å². The molecule has 14 heavy (non-hydrogen) atoms. The minimum atomic E-state index is 0.833. The molecule has 0 nitrogen and oxygen atoms in total. The predicted molar refractivity (Wildman–Crippen MR) is 66.2 cm³/mol. The van der Waals surface area contributed by atoms with E-state index < -0.39 is 0 Å². The van der Waals surface area contributed by atoms with E-state index in [0.29, 0.717) is 0 Å². The minimum absolute atomic E-state index is 0.833. The van der Waals surface area contributed by atoms with Crippen molar-refractivity contribution < 1.29 is 0 Å². The standard InChI is InChI=1S/C9H12.C3H6.C2H4/c1-2-8-5-7-3-4-9(8)6-7;1-3-2;1-2/h2-4,7,9H,5-6H2,1H3;3H,1H2,2H3;1-2H2/b8-2+;;/t7-,9-;;/m1../s1. The Kier molecular flexibility index (Phi) is 6.82. The SMILES string of the molecule is C/C=C1\C[C@H]2C=C[C@@H]1C2.C=C.C=CC. The first-order valence-corrected chi connectivity index (χ1v) is 5.22. The van der Waals surface area contributed by atoms with Crippen molar-refractivity contribution in [1.82, 2.24) is 0 Å². The molecule has 0 aromatic heterocycles. The number of allylic oxidation sites excluding steroid dienone is 5. The van der Waals surface area contributed by atoms with E-state index in [-0.39, 0.29) is 0 Å². The predicted octanol–water partition coefficient (Wildman–Crippen LogP) is 4.52. The summed E-state index contributed by atoms with van der Waals surface area (Å²) in [6.45, 7) is 13.4. The highest BCUT2D eigenvalue weighted by atomic mass is 14.3. The van der Waals surface area contributed by atoms with E-state index >= 15 is 0 Å². The van der Waals surface area contributed by atoms with Crippen molar-refractivity contribution in [3.05, 3.63) is 49.6 Å². The van der Waals surface area contributed by atoms with Gasteiger partial charge < -0.3 is 0 Å². The monoisotopic (exact) mass is 190 g/mol. The normalized spacial score (nSPS) is 28.9. The molecule has 1 saturated carbocycles. The van der Waals surface area contributed by atoms with Gasteiger partial charge in [0, 0.05) is 0 Å². The van der Waals surface area contributed by atoms with Crippen LogP contribution in [0.5, 0.6) is 0 Å². The Morgan fingerprint density at radius 1 is 1.29 bits per heavy atom. The Morgan fingerprint density at radius 3 is 2.07 bits per heavy atom. The summed E-state index contributed by atoms with van der Waals surface area (Å²) in [4.78, 5) is 0. The zero-order valence-electron chi connectivity index (χ0n) is 9.50. The number of rotatable bonds is 0. The maximum absolute atomic E-state index is 3.36. The van der Waals surface area contributed by atoms with Gasteiger partial charge >= 0.3 is 0 Å². The van der Waals surface area contributed by atoms with Crippen LogP contribution < -0.4 is 0 Å². The molecular weight excluding hydrogens is 168 g/mol. The lowest BCUT2D eigenvalue weighted by Crippen LogP contribution is -1.90. The topological polar surface area (TPSA) is 0 Å². The lowest BCUT2D eigenvalue weighted by molar-refractivity contribution is 0.693. The maximum atomic E-state index is 3.36. The molecule has 2 rings (SSSR count). The molecule has 2 aliphatic rings. The van der Waals surface area contributed by atoms with Gasteiger partial charge in [0.15, 0.2) is 0 Å². The average Bonchev–Trinajstić information content (AvgIpc) is 2.83. The molecule has 0 heterocycles. The van der Waals surface area contributed by atoms with E-state index in [9.17, 15) is 0 Å². The van der Waals surface area contributed by atoms with Crippen LogP contribution in [0.15, 0.2) is 49.6 Å². The number of hydrogen-bond acceptors (Lipinski definition) is 0. The molecule has 0 radical (unpaired) electrons. The molecule has 0 heteroatoms. The van der Waals surface area contributed by atoms with E-state index in [1.807, 2.05) is 6.92 Å². The highest BCUT2D eigenvalue weighted by Gasteiger charge is 2.29. The summed E-state index contributed by atoms with van der Waals surface area (Å²) in [5, 5.41) is 0. The fourth-order valence-corrected chi connectivity index (χ4v) is 1.99. The molecule has 0 unspecified atom stereocenters. The zero-order chi connectivity index (χ0) is 11.0. The molecule has 0 aliphatic heterocycles. The van der Waals surface area contributed by atoms with Crippen LogP contribution in [0.2, 0.25) is 0 Å². The molecule has 2 aliphatic carbocycles. The second-order valence-corrected chi connectivity index (χ2v) is 3.46. The summed E-state index contributed by atoms with van der Waals surface area (Å²) in [5.41, 5.74) is 1.67. The fourth-order valence-electron chi connectivity index (χ4n) is 1.99. The summed E-state index contributed by atoms with van der Waals surface area (Å²) in [7, 11) is 0. The van der Waals surface area contributed by atoms with Gasteiger partial charge in [0.1, 0.15) is 0 Å².